The number of esters is 1. The number of carbonyl (C=O) groups excluding carboxylic acids is 1. The molecule has 0 saturated heterocycles. The summed E-state index contributed by atoms with van der Waals surface area (Å²) in [4.78, 5) is 11.9. The minimum Gasteiger partial charge on any atom is -0.508 e. The number of phenols is 1. The standard InChI is InChI=1S/C21H34O4/c1-3-4-5-6-7-9-16-24-17-10-8-11-18(2)25-21(23)19-12-14-20(22)15-13-19/h12-15,18,22H,3-11,16-17H2,1-2H3. The summed E-state index contributed by atoms with van der Waals surface area (Å²) >= 11 is 0. The highest BCUT2D eigenvalue weighted by Gasteiger charge is 2.11. The molecule has 0 saturated carbocycles. The molecule has 0 aliphatic rings. The number of unbranched alkanes of at least 4 members (excludes halogenated alkanes) is 6. The van der Waals surface area contributed by atoms with Crippen LogP contribution in [-0.2, 0) is 9.47 Å². The molecule has 25 heavy (non-hydrogen) atoms. The molecule has 1 N–H and O–H groups in total. The van der Waals surface area contributed by atoms with E-state index in [9.17, 15) is 9.90 Å². The fourth-order valence-electron chi connectivity index (χ4n) is 2.63. The number of benzene rings is 1. The minimum atomic E-state index is -0.341. The summed E-state index contributed by atoms with van der Waals surface area (Å²) < 4.78 is 11.1. The SMILES string of the molecule is CCCCCCCCOCCCCC(C)OC(=O)c1ccc(O)cc1. The number of carbonyl (C=O) groups is 1. The van der Waals surface area contributed by atoms with Gasteiger partial charge in [0.2, 0.25) is 0 Å². The van der Waals surface area contributed by atoms with Gasteiger partial charge in [0.15, 0.2) is 0 Å². The van der Waals surface area contributed by atoms with Crippen LogP contribution in [0.5, 0.6) is 5.75 Å². The molecule has 0 amide bonds. The lowest BCUT2D eigenvalue weighted by atomic mass is 10.1. The molecule has 0 aromatic heterocycles. The zero-order valence-corrected chi connectivity index (χ0v) is 15.8. The Bertz CT molecular complexity index is 455. The molecule has 1 unspecified atom stereocenters. The average molecular weight is 350 g/mol. The highest BCUT2D eigenvalue weighted by atomic mass is 16.5. The van der Waals surface area contributed by atoms with Crippen molar-refractivity contribution in [3.63, 3.8) is 0 Å². The highest BCUT2D eigenvalue weighted by molar-refractivity contribution is 5.89. The summed E-state index contributed by atoms with van der Waals surface area (Å²) in [5, 5.41) is 9.23. The molecular weight excluding hydrogens is 316 g/mol. The molecule has 1 rings (SSSR count). The summed E-state index contributed by atoms with van der Waals surface area (Å²) in [6.45, 7) is 5.79. The van der Waals surface area contributed by atoms with E-state index in [-0.39, 0.29) is 17.8 Å². The number of rotatable bonds is 14. The Balaban J connectivity index is 1.97. The molecular formula is C21H34O4. The Labute approximate surface area is 152 Å². The van der Waals surface area contributed by atoms with Crippen LogP contribution in [0.3, 0.4) is 0 Å². The van der Waals surface area contributed by atoms with Crippen molar-refractivity contribution in [1.29, 1.82) is 0 Å². The number of hydrogen-bond acceptors (Lipinski definition) is 4. The van der Waals surface area contributed by atoms with Gasteiger partial charge in [-0.2, -0.15) is 0 Å². The lowest BCUT2D eigenvalue weighted by molar-refractivity contribution is 0.0313. The fourth-order valence-corrected chi connectivity index (χ4v) is 2.63. The van der Waals surface area contributed by atoms with Gasteiger partial charge in [-0.05, 0) is 56.9 Å². The topological polar surface area (TPSA) is 55.8 Å². The van der Waals surface area contributed by atoms with Gasteiger partial charge in [0.05, 0.1) is 11.7 Å². The molecule has 4 nitrogen and oxygen atoms in total. The van der Waals surface area contributed by atoms with Gasteiger partial charge in [-0.3, -0.25) is 0 Å². The lowest BCUT2D eigenvalue weighted by Gasteiger charge is -2.13. The second-order valence-electron chi connectivity index (χ2n) is 6.64. The second-order valence-corrected chi connectivity index (χ2v) is 6.64. The van der Waals surface area contributed by atoms with E-state index >= 15 is 0 Å². The quantitative estimate of drug-likeness (QED) is 0.356. The van der Waals surface area contributed by atoms with Gasteiger partial charge in [0, 0.05) is 13.2 Å². The van der Waals surface area contributed by atoms with Crippen molar-refractivity contribution >= 4 is 5.97 Å². The van der Waals surface area contributed by atoms with Crippen molar-refractivity contribution in [3.05, 3.63) is 29.8 Å². The molecule has 0 aliphatic carbocycles. The zero-order chi connectivity index (χ0) is 18.3. The van der Waals surface area contributed by atoms with E-state index in [1.165, 1.54) is 44.2 Å². The Kier molecular flexibility index (Phi) is 11.8. The van der Waals surface area contributed by atoms with E-state index < -0.39 is 0 Å². The first-order valence-electron chi connectivity index (χ1n) is 9.71. The summed E-state index contributed by atoms with van der Waals surface area (Å²) in [6.07, 6.45) is 10.4. The van der Waals surface area contributed by atoms with Crippen LogP contribution in [0, 0.1) is 0 Å². The number of aromatic hydroxyl groups is 1. The average Bonchev–Trinajstić information content (AvgIpc) is 2.60. The predicted octanol–water partition coefficient (Wildman–Crippen LogP) is 5.48. The van der Waals surface area contributed by atoms with Crippen LogP contribution >= 0.6 is 0 Å². The van der Waals surface area contributed by atoms with Crippen molar-refractivity contribution in [3.8, 4) is 5.75 Å². The first-order valence-corrected chi connectivity index (χ1v) is 9.71. The molecule has 0 heterocycles. The van der Waals surface area contributed by atoms with Crippen molar-refractivity contribution < 1.29 is 19.4 Å². The molecule has 0 aliphatic heterocycles. The Morgan fingerprint density at radius 2 is 1.56 bits per heavy atom. The molecule has 0 bridgehead atoms. The third-order valence-corrected chi connectivity index (χ3v) is 4.20. The van der Waals surface area contributed by atoms with Crippen LogP contribution in [0.2, 0.25) is 0 Å². The normalized spacial score (nSPS) is 12.1. The maximum Gasteiger partial charge on any atom is 0.338 e. The van der Waals surface area contributed by atoms with E-state index in [4.69, 9.17) is 9.47 Å². The van der Waals surface area contributed by atoms with E-state index in [1.54, 1.807) is 12.1 Å². The summed E-state index contributed by atoms with van der Waals surface area (Å²) in [5.74, 6) is -0.197. The van der Waals surface area contributed by atoms with Gasteiger partial charge < -0.3 is 14.6 Å². The molecule has 142 valence electrons. The monoisotopic (exact) mass is 350 g/mol. The van der Waals surface area contributed by atoms with E-state index in [2.05, 4.69) is 6.92 Å². The molecule has 1 atom stereocenters. The molecule has 1 aromatic carbocycles. The first kappa shape index (κ1) is 21.5. The molecule has 4 heteroatoms. The zero-order valence-electron chi connectivity index (χ0n) is 15.8. The van der Waals surface area contributed by atoms with Crippen LogP contribution in [0.25, 0.3) is 0 Å². The van der Waals surface area contributed by atoms with E-state index in [1.807, 2.05) is 6.92 Å². The van der Waals surface area contributed by atoms with Crippen LogP contribution in [0.4, 0.5) is 0 Å². The van der Waals surface area contributed by atoms with Gasteiger partial charge in [-0.1, -0.05) is 39.0 Å². The Morgan fingerprint density at radius 3 is 2.24 bits per heavy atom. The third-order valence-electron chi connectivity index (χ3n) is 4.20. The van der Waals surface area contributed by atoms with Crippen LogP contribution in [0.1, 0.15) is 82.0 Å². The smallest absolute Gasteiger partial charge is 0.338 e. The lowest BCUT2D eigenvalue weighted by Crippen LogP contribution is -2.15. The second kappa shape index (κ2) is 13.7. The van der Waals surface area contributed by atoms with Crippen molar-refractivity contribution in [2.75, 3.05) is 13.2 Å². The number of hydrogen-bond donors (Lipinski definition) is 1. The Morgan fingerprint density at radius 1 is 0.960 bits per heavy atom. The van der Waals surface area contributed by atoms with Crippen LogP contribution in [0.15, 0.2) is 24.3 Å². The van der Waals surface area contributed by atoms with Gasteiger partial charge in [0.25, 0.3) is 0 Å². The predicted molar refractivity (Wildman–Crippen MR) is 101 cm³/mol. The third kappa shape index (κ3) is 10.8. The van der Waals surface area contributed by atoms with Crippen molar-refractivity contribution in [1.82, 2.24) is 0 Å². The van der Waals surface area contributed by atoms with Gasteiger partial charge in [-0.25, -0.2) is 4.79 Å². The fraction of sp³-hybridized carbons (Fsp3) is 0.667. The van der Waals surface area contributed by atoms with Crippen LogP contribution < -0.4 is 0 Å². The molecule has 1 aromatic rings. The number of phenolic OH excluding ortho intramolecular Hbond substituents is 1. The van der Waals surface area contributed by atoms with Crippen molar-refractivity contribution in [2.24, 2.45) is 0 Å². The van der Waals surface area contributed by atoms with E-state index in [0.717, 1.165) is 38.9 Å². The highest BCUT2D eigenvalue weighted by Crippen LogP contribution is 2.13. The van der Waals surface area contributed by atoms with E-state index in [0.29, 0.717) is 5.56 Å². The summed E-state index contributed by atoms with van der Waals surface area (Å²) in [7, 11) is 0. The van der Waals surface area contributed by atoms with Crippen LogP contribution in [-0.4, -0.2) is 30.4 Å². The largest absolute Gasteiger partial charge is 0.508 e. The maximum atomic E-state index is 11.9. The molecule has 0 fully saturated rings. The minimum absolute atomic E-state index is 0.111. The summed E-state index contributed by atoms with van der Waals surface area (Å²) in [5.41, 5.74) is 0.465. The van der Waals surface area contributed by atoms with Crippen molar-refractivity contribution in [2.45, 2.75) is 77.7 Å². The van der Waals surface area contributed by atoms with Gasteiger partial charge >= 0.3 is 5.97 Å². The maximum absolute atomic E-state index is 11.9. The number of ether oxygens (including phenoxy) is 2. The van der Waals surface area contributed by atoms with Gasteiger partial charge in [0.1, 0.15) is 5.75 Å². The molecule has 0 radical (unpaired) electrons. The first-order chi connectivity index (χ1) is 12.1. The Hall–Kier alpha value is -1.55. The summed E-state index contributed by atoms with van der Waals surface area (Å²) in [6, 6.07) is 6.12. The van der Waals surface area contributed by atoms with Gasteiger partial charge in [-0.15, -0.1) is 0 Å². The molecule has 0 spiro atoms.